The molecule has 0 bridgehead atoms. The molecule has 0 saturated carbocycles. The number of aromatic nitrogens is 2. The van der Waals surface area contributed by atoms with Gasteiger partial charge in [-0.15, -0.1) is 0 Å². The van der Waals surface area contributed by atoms with Gasteiger partial charge in [-0.3, -0.25) is 0 Å². The van der Waals surface area contributed by atoms with Gasteiger partial charge in [-0.1, -0.05) is 35.3 Å². The van der Waals surface area contributed by atoms with E-state index in [0.29, 0.717) is 27.0 Å². The number of rotatable bonds is 2. The molecule has 6 heteroatoms. The molecule has 0 spiro atoms. The highest BCUT2D eigenvalue weighted by Crippen LogP contribution is 2.28. The monoisotopic (exact) mass is 321 g/mol. The summed E-state index contributed by atoms with van der Waals surface area (Å²) in [6.45, 7) is 0. The second kappa shape index (κ2) is 5.39. The maximum atomic E-state index is 13.3. The van der Waals surface area contributed by atoms with E-state index in [1.54, 1.807) is 41.2 Å². The van der Waals surface area contributed by atoms with Crippen LogP contribution < -0.4 is 5.73 Å². The molecule has 0 radical (unpaired) electrons. The summed E-state index contributed by atoms with van der Waals surface area (Å²) in [5.74, 6) is -0.337. The average Bonchev–Trinajstić information content (AvgIpc) is 2.84. The van der Waals surface area contributed by atoms with E-state index in [1.807, 2.05) is 0 Å². The molecular formula is C15H10Cl2FN3. The van der Waals surface area contributed by atoms with Crippen LogP contribution in [0, 0.1) is 5.82 Å². The number of nitrogens with two attached hydrogens (primary N) is 1. The quantitative estimate of drug-likeness (QED) is 0.751. The summed E-state index contributed by atoms with van der Waals surface area (Å²) in [6.07, 6.45) is 1.65. The van der Waals surface area contributed by atoms with Crippen molar-refractivity contribution in [2.75, 3.05) is 5.73 Å². The minimum Gasteiger partial charge on any atom is -0.396 e. The molecule has 0 fully saturated rings. The predicted octanol–water partition coefficient (Wildman–Crippen LogP) is 4.57. The Morgan fingerprint density at radius 3 is 2.57 bits per heavy atom. The maximum Gasteiger partial charge on any atom is 0.123 e. The van der Waals surface area contributed by atoms with Crippen molar-refractivity contribution in [2.45, 2.75) is 0 Å². The second-order valence-corrected chi connectivity index (χ2v) is 5.30. The van der Waals surface area contributed by atoms with Gasteiger partial charge in [0, 0.05) is 5.56 Å². The number of anilines is 1. The lowest BCUT2D eigenvalue weighted by atomic mass is 10.1. The molecule has 2 N–H and O–H groups in total. The van der Waals surface area contributed by atoms with Crippen molar-refractivity contribution in [3.05, 3.63) is 64.5 Å². The topological polar surface area (TPSA) is 43.8 Å². The van der Waals surface area contributed by atoms with Crippen LogP contribution in [0.5, 0.6) is 0 Å². The van der Waals surface area contributed by atoms with E-state index in [4.69, 9.17) is 28.9 Å². The first-order chi connectivity index (χ1) is 10.0. The number of halogens is 3. The Kier molecular flexibility index (Phi) is 3.57. The van der Waals surface area contributed by atoms with Crippen molar-refractivity contribution in [2.24, 2.45) is 0 Å². The summed E-state index contributed by atoms with van der Waals surface area (Å²) in [5, 5.41) is 5.28. The predicted molar refractivity (Wildman–Crippen MR) is 83.4 cm³/mol. The van der Waals surface area contributed by atoms with Crippen LogP contribution in [0.3, 0.4) is 0 Å². The van der Waals surface area contributed by atoms with Crippen molar-refractivity contribution < 1.29 is 4.39 Å². The standard InChI is InChI=1S/C15H10Cl2FN3/c16-12-5-4-11(7-13(12)17)21-8-14(19)15(20-21)9-2-1-3-10(18)6-9/h1-8H,19H2. The Hall–Kier alpha value is -2.04. The lowest BCUT2D eigenvalue weighted by Crippen LogP contribution is -1.95. The second-order valence-electron chi connectivity index (χ2n) is 4.49. The molecule has 2 aromatic carbocycles. The van der Waals surface area contributed by atoms with Gasteiger partial charge in [-0.25, -0.2) is 9.07 Å². The van der Waals surface area contributed by atoms with E-state index in [-0.39, 0.29) is 5.82 Å². The highest BCUT2D eigenvalue weighted by Gasteiger charge is 2.11. The first-order valence-electron chi connectivity index (χ1n) is 6.11. The van der Waals surface area contributed by atoms with E-state index in [9.17, 15) is 4.39 Å². The Labute approximate surface area is 130 Å². The van der Waals surface area contributed by atoms with E-state index < -0.39 is 0 Å². The minimum absolute atomic E-state index is 0.337. The van der Waals surface area contributed by atoms with Gasteiger partial charge in [0.1, 0.15) is 11.5 Å². The lowest BCUT2D eigenvalue weighted by molar-refractivity contribution is 0.628. The highest BCUT2D eigenvalue weighted by atomic mass is 35.5. The average molecular weight is 322 g/mol. The molecule has 1 heterocycles. The highest BCUT2D eigenvalue weighted by molar-refractivity contribution is 6.42. The molecule has 0 aliphatic carbocycles. The lowest BCUT2D eigenvalue weighted by Gasteiger charge is -2.03. The van der Waals surface area contributed by atoms with Gasteiger partial charge in [0.15, 0.2) is 0 Å². The van der Waals surface area contributed by atoms with Gasteiger partial charge in [0.05, 0.1) is 27.6 Å². The molecule has 0 saturated heterocycles. The van der Waals surface area contributed by atoms with Crippen molar-refractivity contribution >= 4 is 28.9 Å². The SMILES string of the molecule is Nc1cn(-c2ccc(Cl)c(Cl)c2)nc1-c1cccc(F)c1. The molecule has 106 valence electrons. The van der Waals surface area contributed by atoms with E-state index >= 15 is 0 Å². The molecule has 1 aromatic heterocycles. The molecule has 0 atom stereocenters. The zero-order valence-corrected chi connectivity index (χ0v) is 12.2. The smallest absolute Gasteiger partial charge is 0.123 e. The zero-order chi connectivity index (χ0) is 15.0. The first-order valence-corrected chi connectivity index (χ1v) is 6.87. The number of nitrogens with zero attached hydrogens (tertiary/aromatic N) is 2. The third-order valence-electron chi connectivity index (χ3n) is 3.01. The molecule has 0 aliphatic heterocycles. The van der Waals surface area contributed by atoms with Crippen LogP contribution >= 0.6 is 23.2 Å². The molecule has 21 heavy (non-hydrogen) atoms. The van der Waals surface area contributed by atoms with Crippen molar-refractivity contribution in [3.63, 3.8) is 0 Å². The molecule has 3 rings (SSSR count). The summed E-state index contributed by atoms with van der Waals surface area (Å²) in [6, 6.07) is 11.3. The van der Waals surface area contributed by atoms with Crippen LogP contribution in [0.2, 0.25) is 10.0 Å². The van der Waals surface area contributed by atoms with E-state index in [0.717, 1.165) is 5.69 Å². The Morgan fingerprint density at radius 2 is 1.86 bits per heavy atom. The fourth-order valence-electron chi connectivity index (χ4n) is 2.01. The van der Waals surface area contributed by atoms with Crippen LogP contribution in [-0.2, 0) is 0 Å². The first kappa shape index (κ1) is 13.9. The molecule has 3 aromatic rings. The van der Waals surface area contributed by atoms with Gasteiger partial charge >= 0.3 is 0 Å². The fourth-order valence-corrected chi connectivity index (χ4v) is 2.30. The van der Waals surface area contributed by atoms with E-state index in [1.165, 1.54) is 12.1 Å². The number of benzene rings is 2. The van der Waals surface area contributed by atoms with Gasteiger partial charge in [0.2, 0.25) is 0 Å². The summed E-state index contributed by atoms with van der Waals surface area (Å²) >= 11 is 11.9. The van der Waals surface area contributed by atoms with Crippen molar-refractivity contribution in [1.29, 1.82) is 0 Å². The van der Waals surface area contributed by atoms with Crippen LogP contribution in [0.1, 0.15) is 0 Å². The molecule has 3 nitrogen and oxygen atoms in total. The van der Waals surface area contributed by atoms with Crippen molar-refractivity contribution in [3.8, 4) is 16.9 Å². The normalized spacial score (nSPS) is 10.8. The van der Waals surface area contributed by atoms with Gasteiger partial charge < -0.3 is 5.73 Å². The van der Waals surface area contributed by atoms with Gasteiger partial charge in [0.25, 0.3) is 0 Å². The number of hydrogen-bond donors (Lipinski definition) is 1. The Balaban J connectivity index is 2.07. The van der Waals surface area contributed by atoms with Crippen LogP contribution in [0.25, 0.3) is 16.9 Å². The van der Waals surface area contributed by atoms with E-state index in [2.05, 4.69) is 5.10 Å². The van der Waals surface area contributed by atoms with Crippen molar-refractivity contribution in [1.82, 2.24) is 9.78 Å². The molecule has 0 aliphatic rings. The zero-order valence-electron chi connectivity index (χ0n) is 10.7. The minimum atomic E-state index is -0.337. The summed E-state index contributed by atoms with van der Waals surface area (Å²) in [4.78, 5) is 0. The molecule has 0 amide bonds. The Morgan fingerprint density at radius 1 is 1.05 bits per heavy atom. The summed E-state index contributed by atoms with van der Waals surface area (Å²) < 4.78 is 14.9. The van der Waals surface area contributed by atoms with Crippen LogP contribution in [0.4, 0.5) is 10.1 Å². The molecule has 0 unspecified atom stereocenters. The maximum absolute atomic E-state index is 13.3. The summed E-state index contributed by atoms with van der Waals surface area (Å²) in [5.41, 5.74) is 8.27. The fraction of sp³-hybridized carbons (Fsp3) is 0. The number of hydrogen-bond acceptors (Lipinski definition) is 2. The van der Waals surface area contributed by atoms with Gasteiger partial charge in [-0.2, -0.15) is 5.10 Å². The Bertz CT molecular complexity index is 814. The van der Waals surface area contributed by atoms with Crippen LogP contribution in [0.15, 0.2) is 48.7 Å². The van der Waals surface area contributed by atoms with Crippen LogP contribution in [-0.4, -0.2) is 9.78 Å². The molecular weight excluding hydrogens is 312 g/mol. The van der Waals surface area contributed by atoms with Gasteiger partial charge in [-0.05, 0) is 30.3 Å². The number of nitrogen functional groups attached to an aromatic ring is 1. The summed E-state index contributed by atoms with van der Waals surface area (Å²) in [7, 11) is 0. The third kappa shape index (κ3) is 2.73. The third-order valence-corrected chi connectivity index (χ3v) is 3.75. The largest absolute Gasteiger partial charge is 0.396 e.